The molecular weight excluding hydrogens is 330 g/mol. The second kappa shape index (κ2) is 6.05. The van der Waals surface area contributed by atoms with Crippen molar-refractivity contribution in [3.05, 3.63) is 65.3 Å². The molecule has 6 heteroatoms. The Morgan fingerprint density at radius 1 is 1.19 bits per heavy atom. The average molecular weight is 344 g/mol. The highest BCUT2D eigenvalue weighted by atomic mass is 79.9. The van der Waals surface area contributed by atoms with Crippen LogP contribution in [0.3, 0.4) is 0 Å². The summed E-state index contributed by atoms with van der Waals surface area (Å²) in [6, 6.07) is 12.2. The highest BCUT2D eigenvalue weighted by Crippen LogP contribution is 2.27. The Hall–Kier alpha value is -2.21. The number of hydrogen-bond acceptors (Lipinski definition) is 4. The van der Waals surface area contributed by atoms with Gasteiger partial charge in [-0.1, -0.05) is 34.1 Å². The van der Waals surface area contributed by atoms with Crippen LogP contribution < -0.4 is 5.32 Å². The van der Waals surface area contributed by atoms with Gasteiger partial charge in [0.15, 0.2) is 5.82 Å². The van der Waals surface area contributed by atoms with Crippen LogP contribution in [-0.2, 0) is 0 Å². The molecular formula is C15H14BrN5. The molecule has 0 saturated heterocycles. The van der Waals surface area contributed by atoms with E-state index in [2.05, 4.69) is 49.3 Å². The van der Waals surface area contributed by atoms with Crippen LogP contribution in [0.5, 0.6) is 0 Å². The number of anilines is 1. The third-order valence-electron chi connectivity index (χ3n) is 3.17. The minimum atomic E-state index is 0.132. The van der Waals surface area contributed by atoms with E-state index >= 15 is 0 Å². The van der Waals surface area contributed by atoms with Crippen LogP contribution in [0.15, 0.2) is 59.7 Å². The van der Waals surface area contributed by atoms with Crippen LogP contribution in [0.2, 0.25) is 0 Å². The van der Waals surface area contributed by atoms with Gasteiger partial charge in [-0.25, -0.2) is 14.6 Å². The minimum Gasteiger partial charge on any atom is -0.375 e. The van der Waals surface area contributed by atoms with Crippen molar-refractivity contribution >= 4 is 21.6 Å². The van der Waals surface area contributed by atoms with Crippen molar-refractivity contribution in [2.75, 3.05) is 5.32 Å². The molecule has 2 heterocycles. The summed E-state index contributed by atoms with van der Waals surface area (Å²) in [6.07, 6.45) is 4.87. The summed E-state index contributed by atoms with van der Waals surface area (Å²) in [6.45, 7) is 2.11. The van der Waals surface area contributed by atoms with E-state index in [1.54, 1.807) is 17.2 Å². The van der Waals surface area contributed by atoms with Crippen molar-refractivity contribution in [3.8, 4) is 5.82 Å². The van der Waals surface area contributed by atoms with Crippen LogP contribution in [0.25, 0.3) is 5.82 Å². The van der Waals surface area contributed by atoms with Crippen molar-refractivity contribution in [1.82, 2.24) is 19.7 Å². The van der Waals surface area contributed by atoms with Crippen molar-refractivity contribution in [3.63, 3.8) is 0 Å². The van der Waals surface area contributed by atoms with Crippen LogP contribution in [0, 0.1) is 0 Å². The van der Waals surface area contributed by atoms with Crippen LogP contribution in [0.1, 0.15) is 18.5 Å². The number of halogens is 1. The van der Waals surface area contributed by atoms with Gasteiger partial charge in [0.05, 0.1) is 5.69 Å². The standard InChI is InChI=1S/C15H14BrN5/c1-11(12-5-2-3-6-13(12)16)20-14-7-4-8-18-15(14)21-10-17-9-19-21/h2-11,20H,1H3. The van der Waals surface area contributed by atoms with Gasteiger partial charge in [0.1, 0.15) is 12.7 Å². The summed E-state index contributed by atoms with van der Waals surface area (Å²) in [5.41, 5.74) is 2.09. The Morgan fingerprint density at radius 2 is 2.05 bits per heavy atom. The minimum absolute atomic E-state index is 0.132. The number of pyridine rings is 1. The summed E-state index contributed by atoms with van der Waals surface area (Å²) in [4.78, 5) is 8.34. The van der Waals surface area contributed by atoms with Crippen LogP contribution >= 0.6 is 15.9 Å². The van der Waals surface area contributed by atoms with E-state index in [4.69, 9.17) is 0 Å². The average Bonchev–Trinajstić information content (AvgIpc) is 3.02. The lowest BCUT2D eigenvalue weighted by Gasteiger charge is -2.18. The summed E-state index contributed by atoms with van der Waals surface area (Å²) in [7, 11) is 0. The number of nitrogens with one attached hydrogen (secondary N) is 1. The van der Waals surface area contributed by atoms with Crippen molar-refractivity contribution in [2.45, 2.75) is 13.0 Å². The third kappa shape index (κ3) is 2.95. The van der Waals surface area contributed by atoms with Gasteiger partial charge in [0.2, 0.25) is 0 Å². The molecule has 0 aliphatic carbocycles. The first-order valence-electron chi connectivity index (χ1n) is 6.56. The molecule has 5 nitrogen and oxygen atoms in total. The maximum Gasteiger partial charge on any atom is 0.178 e. The van der Waals surface area contributed by atoms with Gasteiger partial charge < -0.3 is 5.32 Å². The second-order valence-electron chi connectivity index (χ2n) is 4.60. The van der Waals surface area contributed by atoms with Crippen LogP contribution in [0.4, 0.5) is 5.69 Å². The summed E-state index contributed by atoms with van der Waals surface area (Å²) < 4.78 is 2.73. The molecule has 3 aromatic rings. The number of hydrogen-bond donors (Lipinski definition) is 1. The van der Waals surface area contributed by atoms with E-state index < -0.39 is 0 Å². The van der Waals surface area contributed by atoms with Gasteiger partial charge in [-0.05, 0) is 30.7 Å². The molecule has 1 aromatic carbocycles. The van der Waals surface area contributed by atoms with E-state index in [0.717, 1.165) is 16.0 Å². The smallest absolute Gasteiger partial charge is 0.178 e. The van der Waals surface area contributed by atoms with Crippen molar-refractivity contribution < 1.29 is 0 Å². The first-order valence-corrected chi connectivity index (χ1v) is 7.36. The Kier molecular flexibility index (Phi) is 3.96. The van der Waals surface area contributed by atoms with Crippen LogP contribution in [-0.4, -0.2) is 19.7 Å². The summed E-state index contributed by atoms with van der Waals surface area (Å²) in [5, 5.41) is 7.61. The first kappa shape index (κ1) is 13.8. The largest absolute Gasteiger partial charge is 0.375 e. The lowest BCUT2D eigenvalue weighted by Crippen LogP contribution is -2.11. The maximum atomic E-state index is 4.38. The fraction of sp³-hybridized carbons (Fsp3) is 0.133. The topological polar surface area (TPSA) is 55.6 Å². The molecule has 0 aliphatic heterocycles. The SMILES string of the molecule is CC(Nc1cccnc1-n1cncn1)c1ccccc1Br. The van der Waals surface area contributed by atoms with Gasteiger partial charge in [-0.15, -0.1) is 0 Å². The maximum absolute atomic E-state index is 4.38. The van der Waals surface area contributed by atoms with Crippen molar-refractivity contribution in [2.24, 2.45) is 0 Å². The van der Waals surface area contributed by atoms with Gasteiger partial charge in [-0.3, -0.25) is 0 Å². The molecule has 1 atom stereocenters. The van der Waals surface area contributed by atoms with Gasteiger partial charge in [-0.2, -0.15) is 5.10 Å². The Bertz CT molecular complexity index is 726. The zero-order valence-electron chi connectivity index (χ0n) is 11.4. The van der Waals surface area contributed by atoms with E-state index in [-0.39, 0.29) is 6.04 Å². The number of nitrogens with zero attached hydrogens (tertiary/aromatic N) is 4. The predicted octanol–water partition coefficient (Wildman–Crippen LogP) is 3.60. The molecule has 1 N–H and O–H groups in total. The molecule has 0 amide bonds. The third-order valence-corrected chi connectivity index (χ3v) is 3.89. The van der Waals surface area contributed by atoms with Gasteiger partial charge >= 0.3 is 0 Å². The number of aromatic nitrogens is 4. The highest BCUT2D eigenvalue weighted by molar-refractivity contribution is 9.10. The molecule has 3 rings (SSSR count). The molecule has 2 aromatic heterocycles. The van der Waals surface area contributed by atoms with Gasteiger partial charge in [0, 0.05) is 16.7 Å². The zero-order chi connectivity index (χ0) is 14.7. The van der Waals surface area contributed by atoms with Crippen molar-refractivity contribution in [1.29, 1.82) is 0 Å². The van der Waals surface area contributed by atoms with E-state index in [9.17, 15) is 0 Å². The number of rotatable bonds is 4. The lowest BCUT2D eigenvalue weighted by atomic mass is 10.1. The molecule has 106 valence electrons. The number of benzene rings is 1. The Morgan fingerprint density at radius 3 is 2.81 bits per heavy atom. The zero-order valence-corrected chi connectivity index (χ0v) is 13.0. The highest BCUT2D eigenvalue weighted by Gasteiger charge is 2.12. The normalized spacial score (nSPS) is 12.1. The monoisotopic (exact) mass is 343 g/mol. The molecule has 21 heavy (non-hydrogen) atoms. The Labute approximate surface area is 131 Å². The van der Waals surface area contributed by atoms with E-state index in [1.165, 1.54) is 11.9 Å². The first-order chi connectivity index (χ1) is 10.3. The fourth-order valence-corrected chi connectivity index (χ4v) is 2.78. The Balaban J connectivity index is 1.91. The molecule has 0 spiro atoms. The lowest BCUT2D eigenvalue weighted by molar-refractivity contribution is 0.827. The summed E-state index contributed by atoms with van der Waals surface area (Å²) in [5.74, 6) is 0.730. The van der Waals surface area contributed by atoms with E-state index in [0.29, 0.717) is 0 Å². The molecule has 0 saturated carbocycles. The molecule has 1 unspecified atom stereocenters. The quantitative estimate of drug-likeness (QED) is 0.786. The molecule has 0 radical (unpaired) electrons. The molecule has 0 fully saturated rings. The molecule has 0 aliphatic rings. The summed E-state index contributed by atoms with van der Waals surface area (Å²) >= 11 is 3.58. The van der Waals surface area contributed by atoms with E-state index in [1.807, 2.05) is 30.3 Å². The predicted molar refractivity (Wildman–Crippen MR) is 85.3 cm³/mol. The molecule has 0 bridgehead atoms. The second-order valence-corrected chi connectivity index (χ2v) is 5.46. The van der Waals surface area contributed by atoms with Gasteiger partial charge in [0.25, 0.3) is 0 Å². The fourth-order valence-electron chi connectivity index (χ4n) is 2.15.